The molecule has 3 unspecified atom stereocenters. The van der Waals surface area contributed by atoms with E-state index >= 15 is 0 Å². The lowest BCUT2D eigenvalue weighted by molar-refractivity contribution is -0.124. The minimum atomic E-state index is -1.16. The molecule has 0 saturated heterocycles. The zero-order valence-corrected chi connectivity index (χ0v) is 46.5. The Morgan fingerprint density at radius 3 is 0.853 bits per heavy atom. The van der Waals surface area contributed by atoms with Crippen LogP contribution in [0.4, 0.5) is 0 Å². The van der Waals surface area contributed by atoms with Crippen molar-refractivity contribution in [1.82, 2.24) is 5.32 Å². The molecule has 1 amide bonds. The van der Waals surface area contributed by atoms with Gasteiger partial charge in [0.1, 0.15) is 6.10 Å². The summed E-state index contributed by atoms with van der Waals surface area (Å²) in [5, 5.41) is 33.8. The smallest absolute Gasteiger partial charge is 0.220 e. The van der Waals surface area contributed by atoms with Gasteiger partial charge >= 0.3 is 0 Å². The Bertz CT molecular complexity index is 971. The van der Waals surface area contributed by atoms with Gasteiger partial charge in [-0.1, -0.05) is 328 Å². The van der Waals surface area contributed by atoms with Crippen molar-refractivity contribution >= 4 is 5.91 Å². The Balaban J connectivity index is 3.45. The Morgan fingerprint density at radius 2 is 0.588 bits per heavy atom. The number of carbonyl (C=O) groups excluding carboxylic acids is 1. The maximum atomic E-state index is 12.5. The van der Waals surface area contributed by atoms with Crippen molar-refractivity contribution in [3.8, 4) is 0 Å². The van der Waals surface area contributed by atoms with Crippen LogP contribution < -0.4 is 5.32 Å². The number of amides is 1. The highest BCUT2D eigenvalue weighted by Crippen LogP contribution is 2.19. The summed E-state index contributed by atoms with van der Waals surface area (Å²) in [6.07, 6.45) is 74.1. The third kappa shape index (κ3) is 52.9. The Kier molecular flexibility index (Phi) is 57.9. The van der Waals surface area contributed by atoms with E-state index in [-0.39, 0.29) is 12.5 Å². The van der Waals surface area contributed by atoms with Crippen molar-refractivity contribution in [2.45, 2.75) is 379 Å². The summed E-state index contributed by atoms with van der Waals surface area (Å²) in [4.78, 5) is 12.5. The first-order valence-corrected chi connectivity index (χ1v) is 31.5. The first-order valence-electron chi connectivity index (χ1n) is 31.5. The van der Waals surface area contributed by atoms with Crippen LogP contribution >= 0.6 is 0 Å². The van der Waals surface area contributed by atoms with Crippen molar-refractivity contribution in [2.75, 3.05) is 6.61 Å². The fourth-order valence-corrected chi connectivity index (χ4v) is 10.3. The average Bonchev–Trinajstić information content (AvgIpc) is 3.34. The van der Waals surface area contributed by atoms with Crippen molar-refractivity contribution in [3.05, 3.63) is 12.2 Å². The SMILES string of the molecule is CCCCCCCCCCCCCCCC/C=C/CCCC(O)C(O)C(CO)NC(=O)CCCCCCCCCCCCCCCCCCCCCCCCCCCCCCCCCCCCC. The van der Waals surface area contributed by atoms with Gasteiger partial charge in [0, 0.05) is 6.42 Å². The lowest BCUT2D eigenvalue weighted by Crippen LogP contribution is -2.50. The Hall–Kier alpha value is -0.910. The van der Waals surface area contributed by atoms with Gasteiger partial charge in [-0.2, -0.15) is 0 Å². The maximum absolute atomic E-state index is 12.5. The minimum Gasteiger partial charge on any atom is -0.394 e. The standard InChI is InChI=1S/C63H125NO4/c1-3-5-7-9-11-13-15-17-19-21-23-24-25-26-27-28-29-30-31-32-33-34-35-36-37-38-40-42-44-46-48-50-52-54-56-58-62(67)64-60(59-65)63(68)61(66)57-55-53-51-49-47-45-43-41-39-22-20-18-16-14-12-10-8-6-4-2/h49,51,60-61,63,65-66,68H,3-48,50,52-59H2,1-2H3,(H,64,67)/b51-49+. The van der Waals surface area contributed by atoms with Crippen LogP contribution in [-0.4, -0.2) is 46.1 Å². The number of aliphatic hydroxyl groups is 3. The highest BCUT2D eigenvalue weighted by molar-refractivity contribution is 5.76. The number of unbranched alkanes of at least 4 members (excludes halogenated alkanes) is 49. The molecular formula is C63H125NO4. The van der Waals surface area contributed by atoms with E-state index in [1.807, 2.05) is 0 Å². The third-order valence-corrected chi connectivity index (χ3v) is 15.1. The number of rotatable bonds is 59. The average molecular weight is 961 g/mol. The molecule has 0 radical (unpaired) electrons. The van der Waals surface area contributed by atoms with Crippen LogP contribution in [0.15, 0.2) is 12.2 Å². The zero-order valence-electron chi connectivity index (χ0n) is 46.5. The van der Waals surface area contributed by atoms with E-state index in [0.717, 1.165) is 38.5 Å². The lowest BCUT2D eigenvalue weighted by atomic mass is 10.0. The first kappa shape index (κ1) is 67.1. The van der Waals surface area contributed by atoms with Crippen LogP contribution in [0.5, 0.6) is 0 Å². The fourth-order valence-electron chi connectivity index (χ4n) is 10.3. The van der Waals surface area contributed by atoms with E-state index in [4.69, 9.17) is 0 Å². The molecule has 0 aliphatic heterocycles. The van der Waals surface area contributed by atoms with E-state index in [1.54, 1.807) is 0 Å². The van der Waals surface area contributed by atoms with E-state index in [2.05, 4.69) is 31.3 Å². The highest BCUT2D eigenvalue weighted by Gasteiger charge is 2.26. The molecule has 68 heavy (non-hydrogen) atoms. The lowest BCUT2D eigenvalue weighted by Gasteiger charge is -2.26. The van der Waals surface area contributed by atoms with Gasteiger partial charge in [-0.3, -0.25) is 4.79 Å². The topological polar surface area (TPSA) is 89.8 Å². The number of allylic oxidation sites excluding steroid dienone is 2. The van der Waals surface area contributed by atoms with E-state index < -0.39 is 18.2 Å². The summed E-state index contributed by atoms with van der Waals surface area (Å²) in [6, 6.07) is -0.823. The molecule has 0 aromatic heterocycles. The monoisotopic (exact) mass is 960 g/mol. The molecule has 4 N–H and O–H groups in total. The largest absolute Gasteiger partial charge is 0.394 e. The molecule has 0 rings (SSSR count). The molecular weight excluding hydrogens is 835 g/mol. The molecule has 0 aromatic carbocycles. The first-order chi connectivity index (χ1) is 33.6. The number of nitrogens with one attached hydrogen (secondary N) is 1. The normalized spacial score (nSPS) is 13.2. The molecule has 3 atom stereocenters. The van der Waals surface area contributed by atoms with Gasteiger partial charge in [0.15, 0.2) is 0 Å². The molecule has 0 heterocycles. The predicted molar refractivity (Wildman–Crippen MR) is 301 cm³/mol. The van der Waals surface area contributed by atoms with Gasteiger partial charge in [0.2, 0.25) is 5.91 Å². The Labute approximate surface area is 427 Å². The second-order valence-corrected chi connectivity index (χ2v) is 22.0. The fraction of sp³-hybridized carbons (Fsp3) is 0.952. The molecule has 0 fully saturated rings. The predicted octanol–water partition coefficient (Wildman–Crippen LogP) is 19.8. The van der Waals surface area contributed by atoms with Crippen molar-refractivity contribution in [1.29, 1.82) is 0 Å². The molecule has 5 heteroatoms. The van der Waals surface area contributed by atoms with Crippen LogP contribution in [0.2, 0.25) is 0 Å². The quantitative estimate of drug-likeness (QED) is 0.0361. The number of carbonyl (C=O) groups is 1. The van der Waals surface area contributed by atoms with Gasteiger partial charge in [0.25, 0.3) is 0 Å². The van der Waals surface area contributed by atoms with Gasteiger partial charge in [0.05, 0.1) is 18.8 Å². The minimum absolute atomic E-state index is 0.146. The van der Waals surface area contributed by atoms with Crippen LogP contribution in [0, 0.1) is 0 Å². The van der Waals surface area contributed by atoms with Crippen molar-refractivity contribution < 1.29 is 20.1 Å². The molecule has 0 aliphatic carbocycles. The molecule has 0 aliphatic rings. The zero-order chi connectivity index (χ0) is 49.3. The number of hydrogen-bond donors (Lipinski definition) is 4. The molecule has 406 valence electrons. The number of hydrogen-bond acceptors (Lipinski definition) is 4. The van der Waals surface area contributed by atoms with E-state index in [9.17, 15) is 20.1 Å². The van der Waals surface area contributed by atoms with Crippen molar-refractivity contribution in [2.24, 2.45) is 0 Å². The van der Waals surface area contributed by atoms with Crippen LogP contribution in [-0.2, 0) is 4.79 Å². The van der Waals surface area contributed by atoms with E-state index in [1.165, 1.54) is 295 Å². The Morgan fingerprint density at radius 1 is 0.353 bits per heavy atom. The molecule has 5 nitrogen and oxygen atoms in total. The summed E-state index contributed by atoms with van der Waals surface area (Å²) in [7, 11) is 0. The summed E-state index contributed by atoms with van der Waals surface area (Å²) in [5.74, 6) is -0.146. The molecule has 0 saturated carbocycles. The second kappa shape index (κ2) is 58.7. The summed E-state index contributed by atoms with van der Waals surface area (Å²) in [6.45, 7) is 4.22. The number of aliphatic hydroxyl groups excluding tert-OH is 3. The summed E-state index contributed by atoms with van der Waals surface area (Å²) < 4.78 is 0. The third-order valence-electron chi connectivity index (χ3n) is 15.1. The summed E-state index contributed by atoms with van der Waals surface area (Å²) in [5.41, 5.74) is 0. The highest BCUT2D eigenvalue weighted by atomic mass is 16.3. The maximum Gasteiger partial charge on any atom is 0.220 e. The van der Waals surface area contributed by atoms with Crippen LogP contribution in [0.25, 0.3) is 0 Å². The van der Waals surface area contributed by atoms with Gasteiger partial charge < -0.3 is 20.6 Å². The molecule has 0 spiro atoms. The van der Waals surface area contributed by atoms with E-state index in [0.29, 0.717) is 12.8 Å². The van der Waals surface area contributed by atoms with Gasteiger partial charge in [-0.25, -0.2) is 0 Å². The molecule has 0 bridgehead atoms. The van der Waals surface area contributed by atoms with Crippen molar-refractivity contribution in [3.63, 3.8) is 0 Å². The van der Waals surface area contributed by atoms with Gasteiger partial charge in [-0.05, 0) is 38.5 Å². The summed E-state index contributed by atoms with van der Waals surface area (Å²) >= 11 is 0. The second-order valence-electron chi connectivity index (χ2n) is 22.0. The van der Waals surface area contributed by atoms with Gasteiger partial charge in [-0.15, -0.1) is 0 Å². The van der Waals surface area contributed by atoms with Crippen LogP contribution in [0.1, 0.15) is 361 Å². The van der Waals surface area contributed by atoms with Crippen LogP contribution in [0.3, 0.4) is 0 Å². The molecule has 0 aromatic rings.